The molecule has 0 saturated carbocycles. The van der Waals surface area contributed by atoms with Crippen molar-refractivity contribution in [1.29, 1.82) is 0 Å². The van der Waals surface area contributed by atoms with Crippen LogP contribution in [0.2, 0.25) is 0 Å². The van der Waals surface area contributed by atoms with Crippen LogP contribution in [-0.4, -0.2) is 60.5 Å². The first-order valence-electron chi connectivity index (χ1n) is 11.7. The highest BCUT2D eigenvalue weighted by molar-refractivity contribution is 5.98. The number of urea groups is 1. The van der Waals surface area contributed by atoms with Gasteiger partial charge in [-0.15, -0.1) is 0 Å². The van der Waals surface area contributed by atoms with E-state index in [0.717, 1.165) is 30.5 Å². The molecule has 2 aromatic carbocycles. The molecular formula is C26H31N3O4. The standard InChI is InChI=1S/C26H31N3O4/c1-2-33-25(31)22-12-7-14-27(19-22)24(30)21-11-6-13-23(17-21)29-16-8-15-28(26(29)32)18-20-9-4-3-5-10-20/h3-6,9-11,13,17,22H,2,7-8,12,14-16,18-19H2,1H3/t22-/m0/s1. The zero-order chi connectivity index (χ0) is 23.2. The van der Waals surface area contributed by atoms with Crippen molar-refractivity contribution in [1.82, 2.24) is 9.80 Å². The monoisotopic (exact) mass is 449 g/mol. The number of anilines is 1. The molecule has 0 bridgehead atoms. The van der Waals surface area contributed by atoms with E-state index in [0.29, 0.717) is 44.9 Å². The molecule has 2 aliphatic heterocycles. The third-order valence-corrected chi connectivity index (χ3v) is 6.26. The largest absolute Gasteiger partial charge is 0.466 e. The van der Waals surface area contributed by atoms with Crippen molar-refractivity contribution in [2.75, 3.05) is 37.7 Å². The molecule has 0 aliphatic carbocycles. The highest BCUT2D eigenvalue weighted by Crippen LogP contribution is 2.25. The van der Waals surface area contributed by atoms with Gasteiger partial charge in [0, 0.05) is 44.0 Å². The lowest BCUT2D eigenvalue weighted by molar-refractivity contribution is -0.149. The minimum atomic E-state index is -0.277. The third kappa shape index (κ3) is 5.35. The Bertz CT molecular complexity index is 994. The van der Waals surface area contributed by atoms with Crippen molar-refractivity contribution in [3.05, 3.63) is 65.7 Å². The van der Waals surface area contributed by atoms with Crippen molar-refractivity contribution in [2.24, 2.45) is 5.92 Å². The summed E-state index contributed by atoms with van der Waals surface area (Å²) in [5.41, 5.74) is 2.35. The van der Waals surface area contributed by atoms with Crippen LogP contribution in [0.3, 0.4) is 0 Å². The number of nitrogens with zero attached hydrogens (tertiary/aromatic N) is 3. The zero-order valence-corrected chi connectivity index (χ0v) is 19.1. The topological polar surface area (TPSA) is 70.2 Å². The van der Waals surface area contributed by atoms with Gasteiger partial charge >= 0.3 is 12.0 Å². The van der Waals surface area contributed by atoms with Gasteiger partial charge in [0.1, 0.15) is 0 Å². The van der Waals surface area contributed by atoms with Crippen molar-refractivity contribution in [2.45, 2.75) is 32.7 Å². The second-order valence-corrected chi connectivity index (χ2v) is 8.59. The second-order valence-electron chi connectivity index (χ2n) is 8.59. The van der Waals surface area contributed by atoms with E-state index in [-0.39, 0.29) is 23.8 Å². The van der Waals surface area contributed by atoms with Crippen molar-refractivity contribution < 1.29 is 19.1 Å². The van der Waals surface area contributed by atoms with Gasteiger partial charge in [-0.25, -0.2) is 4.79 Å². The number of hydrogen-bond acceptors (Lipinski definition) is 4. The Morgan fingerprint density at radius 1 is 1.00 bits per heavy atom. The molecule has 33 heavy (non-hydrogen) atoms. The lowest BCUT2D eigenvalue weighted by atomic mass is 9.97. The minimum Gasteiger partial charge on any atom is -0.466 e. The minimum absolute atomic E-state index is 0.0463. The molecule has 2 fully saturated rings. The molecule has 0 N–H and O–H groups in total. The molecule has 2 aliphatic rings. The van der Waals surface area contributed by atoms with Crippen LogP contribution < -0.4 is 4.90 Å². The summed E-state index contributed by atoms with van der Waals surface area (Å²) >= 11 is 0. The highest BCUT2D eigenvalue weighted by atomic mass is 16.5. The highest BCUT2D eigenvalue weighted by Gasteiger charge is 2.31. The maximum Gasteiger partial charge on any atom is 0.324 e. The number of carbonyl (C=O) groups excluding carboxylic acids is 3. The van der Waals surface area contributed by atoms with Crippen LogP contribution >= 0.6 is 0 Å². The molecule has 0 spiro atoms. The fourth-order valence-electron chi connectivity index (χ4n) is 4.58. The Labute approximate surface area is 194 Å². The summed E-state index contributed by atoms with van der Waals surface area (Å²) in [6.07, 6.45) is 2.38. The van der Waals surface area contributed by atoms with Crippen LogP contribution in [0.4, 0.5) is 10.5 Å². The number of amides is 3. The van der Waals surface area contributed by atoms with Gasteiger partial charge in [0.25, 0.3) is 5.91 Å². The van der Waals surface area contributed by atoms with Gasteiger partial charge in [0.15, 0.2) is 0 Å². The van der Waals surface area contributed by atoms with Crippen LogP contribution in [-0.2, 0) is 16.1 Å². The molecule has 2 heterocycles. The molecule has 7 heteroatoms. The van der Waals surface area contributed by atoms with E-state index >= 15 is 0 Å². The van der Waals surface area contributed by atoms with E-state index in [4.69, 9.17) is 4.74 Å². The zero-order valence-electron chi connectivity index (χ0n) is 19.1. The van der Waals surface area contributed by atoms with E-state index in [1.165, 1.54) is 0 Å². The SMILES string of the molecule is CCOC(=O)[C@H]1CCCN(C(=O)c2cccc(N3CCCN(Cc4ccccc4)C3=O)c2)C1. The quantitative estimate of drug-likeness (QED) is 0.627. The fourth-order valence-corrected chi connectivity index (χ4v) is 4.58. The van der Waals surface area contributed by atoms with Crippen LogP contribution in [0.5, 0.6) is 0 Å². The van der Waals surface area contributed by atoms with Gasteiger partial charge in [0.05, 0.1) is 12.5 Å². The number of esters is 1. The van der Waals surface area contributed by atoms with Crippen molar-refractivity contribution in [3.8, 4) is 0 Å². The van der Waals surface area contributed by atoms with Gasteiger partial charge in [-0.1, -0.05) is 36.4 Å². The van der Waals surface area contributed by atoms with Gasteiger partial charge < -0.3 is 14.5 Å². The Morgan fingerprint density at radius 2 is 1.82 bits per heavy atom. The molecular weight excluding hydrogens is 418 g/mol. The lowest BCUT2D eigenvalue weighted by Crippen LogP contribution is -2.49. The third-order valence-electron chi connectivity index (χ3n) is 6.26. The molecule has 0 unspecified atom stereocenters. The number of rotatable bonds is 6. The van der Waals surface area contributed by atoms with Crippen molar-refractivity contribution >= 4 is 23.6 Å². The van der Waals surface area contributed by atoms with Gasteiger partial charge in [-0.2, -0.15) is 0 Å². The Morgan fingerprint density at radius 3 is 2.61 bits per heavy atom. The number of ether oxygens (including phenoxy) is 1. The first-order valence-corrected chi connectivity index (χ1v) is 11.7. The van der Waals surface area contributed by atoms with Gasteiger partial charge in [-0.05, 0) is 49.9 Å². The average Bonchev–Trinajstić information content (AvgIpc) is 2.86. The normalized spacial score (nSPS) is 18.9. The maximum absolute atomic E-state index is 13.2. The summed E-state index contributed by atoms with van der Waals surface area (Å²) in [7, 11) is 0. The van der Waals surface area contributed by atoms with E-state index in [9.17, 15) is 14.4 Å². The van der Waals surface area contributed by atoms with E-state index in [2.05, 4.69) is 0 Å². The van der Waals surface area contributed by atoms with Crippen LogP contribution in [0, 0.1) is 5.92 Å². The van der Waals surface area contributed by atoms with Gasteiger partial charge in [-0.3, -0.25) is 14.5 Å². The molecule has 2 saturated heterocycles. The molecule has 7 nitrogen and oxygen atoms in total. The summed E-state index contributed by atoms with van der Waals surface area (Å²) < 4.78 is 5.15. The van der Waals surface area contributed by atoms with E-state index in [1.807, 2.05) is 47.4 Å². The predicted molar refractivity (Wildman–Crippen MR) is 126 cm³/mol. The molecule has 0 radical (unpaired) electrons. The lowest BCUT2D eigenvalue weighted by Gasteiger charge is -2.36. The number of hydrogen-bond donors (Lipinski definition) is 0. The summed E-state index contributed by atoms with van der Waals surface area (Å²) in [5.74, 6) is -0.626. The first-order chi connectivity index (χ1) is 16.1. The predicted octanol–water partition coefficient (Wildman–Crippen LogP) is 3.93. The second kappa shape index (κ2) is 10.5. The number of carbonyl (C=O) groups is 3. The smallest absolute Gasteiger partial charge is 0.324 e. The van der Waals surface area contributed by atoms with E-state index in [1.54, 1.807) is 28.9 Å². The molecule has 1 atom stereocenters. The first kappa shape index (κ1) is 22.8. The number of piperidine rings is 1. The Kier molecular flexibility index (Phi) is 7.27. The molecule has 174 valence electrons. The van der Waals surface area contributed by atoms with Crippen LogP contribution in [0.15, 0.2) is 54.6 Å². The summed E-state index contributed by atoms with van der Waals surface area (Å²) in [6.45, 7) is 5.02. The molecule has 4 rings (SSSR count). The molecule has 3 amide bonds. The molecule has 0 aromatic heterocycles. The summed E-state index contributed by atoms with van der Waals surface area (Å²) in [6, 6.07) is 17.2. The Balaban J connectivity index is 1.46. The maximum atomic E-state index is 13.2. The van der Waals surface area contributed by atoms with Crippen LogP contribution in [0.1, 0.15) is 42.1 Å². The van der Waals surface area contributed by atoms with Gasteiger partial charge in [0.2, 0.25) is 0 Å². The van der Waals surface area contributed by atoms with E-state index < -0.39 is 0 Å². The fraction of sp³-hybridized carbons (Fsp3) is 0.423. The van der Waals surface area contributed by atoms with Crippen LogP contribution in [0.25, 0.3) is 0 Å². The number of benzene rings is 2. The Hall–Kier alpha value is -3.35. The molecule has 2 aromatic rings. The summed E-state index contributed by atoms with van der Waals surface area (Å²) in [4.78, 5) is 43.9. The number of likely N-dealkylation sites (tertiary alicyclic amines) is 1. The summed E-state index contributed by atoms with van der Waals surface area (Å²) in [5, 5.41) is 0. The van der Waals surface area contributed by atoms with Crippen molar-refractivity contribution in [3.63, 3.8) is 0 Å². The average molecular weight is 450 g/mol.